The lowest BCUT2D eigenvalue weighted by molar-refractivity contribution is -0.235. The Kier molecular flexibility index (Phi) is 4.42. The van der Waals surface area contributed by atoms with Gasteiger partial charge in [0.05, 0.1) is 5.56 Å². The fourth-order valence-electron chi connectivity index (χ4n) is 3.04. The van der Waals surface area contributed by atoms with Crippen LogP contribution in [0.2, 0.25) is 0 Å². The van der Waals surface area contributed by atoms with E-state index in [9.17, 15) is 4.79 Å². The summed E-state index contributed by atoms with van der Waals surface area (Å²) in [7, 11) is 1.55. The van der Waals surface area contributed by atoms with E-state index >= 15 is 0 Å². The summed E-state index contributed by atoms with van der Waals surface area (Å²) in [4.78, 5) is 12.2. The molecular weight excluding hydrogens is 300 g/mol. The number of carbonyl (C=O) groups is 1. The molecule has 2 aliphatic heterocycles. The van der Waals surface area contributed by atoms with Gasteiger partial charge in [-0.15, -0.1) is 0 Å². The Morgan fingerprint density at radius 3 is 2.48 bits per heavy atom. The fraction of sp³-hybridized carbons (Fsp3) is 0.588. The fourth-order valence-corrected chi connectivity index (χ4v) is 3.04. The summed E-state index contributed by atoms with van der Waals surface area (Å²) in [6.07, 6.45) is -2.15. The minimum Gasteiger partial charge on any atom is -0.456 e. The maximum absolute atomic E-state index is 12.2. The van der Waals surface area contributed by atoms with E-state index in [2.05, 4.69) is 0 Å². The predicted octanol–water partition coefficient (Wildman–Crippen LogP) is 2.12. The molecule has 1 aromatic carbocycles. The van der Waals surface area contributed by atoms with E-state index in [1.807, 2.05) is 19.9 Å². The summed E-state index contributed by atoms with van der Waals surface area (Å²) >= 11 is 0. The van der Waals surface area contributed by atoms with Crippen molar-refractivity contribution in [1.82, 2.24) is 0 Å². The molecule has 0 spiro atoms. The number of methoxy groups -OCH3 is 1. The van der Waals surface area contributed by atoms with Gasteiger partial charge in [0.15, 0.2) is 12.1 Å². The second kappa shape index (κ2) is 6.20. The van der Waals surface area contributed by atoms with E-state index in [-0.39, 0.29) is 12.2 Å². The molecule has 1 aromatic rings. The molecule has 0 aromatic heterocycles. The van der Waals surface area contributed by atoms with Crippen LogP contribution in [0.15, 0.2) is 30.3 Å². The van der Waals surface area contributed by atoms with E-state index in [1.54, 1.807) is 38.3 Å². The smallest absolute Gasteiger partial charge is 0.338 e. The van der Waals surface area contributed by atoms with Gasteiger partial charge in [0.1, 0.15) is 24.4 Å². The molecule has 0 unspecified atom stereocenters. The van der Waals surface area contributed by atoms with Crippen molar-refractivity contribution in [3.63, 3.8) is 0 Å². The number of fused-ring (bicyclic) bond motifs is 1. The quantitative estimate of drug-likeness (QED) is 0.791. The van der Waals surface area contributed by atoms with E-state index < -0.39 is 30.3 Å². The first kappa shape index (κ1) is 16.4. The van der Waals surface area contributed by atoms with E-state index in [4.69, 9.17) is 23.7 Å². The summed E-state index contributed by atoms with van der Waals surface area (Å²) in [5, 5.41) is 0. The standard InChI is InChI=1S/C17H22O6/c1-10(20-15(18)11-8-6-5-7-9-11)12-13-14(16(19-4)21-12)23-17(2,3)22-13/h5-10,12-14,16H,1-4H3/t10-,12+,13+,14+,16+/m1/s1. The summed E-state index contributed by atoms with van der Waals surface area (Å²) in [6, 6.07) is 8.86. The third-order valence-electron chi connectivity index (χ3n) is 4.04. The highest BCUT2D eigenvalue weighted by Gasteiger charge is 2.57. The van der Waals surface area contributed by atoms with Gasteiger partial charge in [0, 0.05) is 7.11 Å². The highest BCUT2D eigenvalue weighted by Crippen LogP contribution is 2.40. The van der Waals surface area contributed by atoms with Crippen LogP contribution in [0.4, 0.5) is 0 Å². The van der Waals surface area contributed by atoms with Crippen LogP contribution in [0, 0.1) is 0 Å². The zero-order valence-electron chi connectivity index (χ0n) is 13.7. The predicted molar refractivity (Wildman–Crippen MR) is 80.8 cm³/mol. The lowest BCUT2D eigenvalue weighted by Gasteiger charge is -2.26. The SMILES string of the molecule is CO[C@H]1O[C@@H]([C@@H](C)OC(=O)c2ccccc2)[C@@H]2OC(C)(C)O[C@H]12. The molecule has 2 saturated heterocycles. The molecule has 23 heavy (non-hydrogen) atoms. The van der Waals surface area contributed by atoms with Gasteiger partial charge in [0.2, 0.25) is 0 Å². The maximum Gasteiger partial charge on any atom is 0.338 e. The van der Waals surface area contributed by atoms with Crippen molar-refractivity contribution in [2.45, 2.75) is 57.3 Å². The van der Waals surface area contributed by atoms with Crippen LogP contribution in [0.25, 0.3) is 0 Å². The molecular formula is C17H22O6. The number of carbonyl (C=O) groups excluding carboxylic acids is 1. The number of ether oxygens (including phenoxy) is 5. The van der Waals surface area contributed by atoms with Crippen LogP contribution >= 0.6 is 0 Å². The average Bonchev–Trinajstić information content (AvgIpc) is 3.00. The minimum atomic E-state index is -0.711. The van der Waals surface area contributed by atoms with E-state index in [1.165, 1.54) is 0 Å². The molecule has 2 aliphatic rings. The van der Waals surface area contributed by atoms with Gasteiger partial charge in [-0.05, 0) is 32.9 Å². The first-order valence-electron chi connectivity index (χ1n) is 7.71. The Balaban J connectivity index is 1.70. The Morgan fingerprint density at radius 2 is 1.83 bits per heavy atom. The second-order valence-electron chi connectivity index (χ2n) is 6.25. The molecule has 0 saturated carbocycles. The van der Waals surface area contributed by atoms with Crippen LogP contribution < -0.4 is 0 Å². The highest BCUT2D eigenvalue weighted by molar-refractivity contribution is 5.89. The third-order valence-corrected chi connectivity index (χ3v) is 4.04. The van der Waals surface area contributed by atoms with Gasteiger partial charge < -0.3 is 23.7 Å². The molecule has 6 heteroatoms. The Labute approximate surface area is 135 Å². The average molecular weight is 322 g/mol. The highest BCUT2D eigenvalue weighted by atomic mass is 16.8. The molecule has 0 N–H and O–H groups in total. The first-order chi connectivity index (χ1) is 10.9. The lowest BCUT2D eigenvalue weighted by Crippen LogP contribution is -2.39. The van der Waals surface area contributed by atoms with Gasteiger partial charge >= 0.3 is 5.97 Å². The third kappa shape index (κ3) is 3.26. The zero-order chi connectivity index (χ0) is 16.6. The van der Waals surface area contributed by atoms with Gasteiger partial charge in [-0.25, -0.2) is 4.79 Å². The number of hydrogen-bond donors (Lipinski definition) is 0. The van der Waals surface area contributed by atoms with Crippen molar-refractivity contribution >= 4 is 5.97 Å². The van der Waals surface area contributed by atoms with E-state index in [0.717, 1.165) is 0 Å². The van der Waals surface area contributed by atoms with Crippen LogP contribution in [-0.2, 0) is 23.7 Å². The second-order valence-corrected chi connectivity index (χ2v) is 6.25. The van der Waals surface area contributed by atoms with Crippen molar-refractivity contribution in [3.8, 4) is 0 Å². The van der Waals surface area contributed by atoms with E-state index in [0.29, 0.717) is 5.56 Å². The van der Waals surface area contributed by atoms with Crippen molar-refractivity contribution < 1.29 is 28.5 Å². The molecule has 126 valence electrons. The van der Waals surface area contributed by atoms with Crippen LogP contribution in [0.3, 0.4) is 0 Å². The zero-order valence-corrected chi connectivity index (χ0v) is 13.7. The number of rotatable bonds is 4. The van der Waals surface area contributed by atoms with Crippen LogP contribution in [0.5, 0.6) is 0 Å². The summed E-state index contributed by atoms with van der Waals surface area (Å²) in [6.45, 7) is 5.47. The minimum absolute atomic E-state index is 0.335. The molecule has 6 nitrogen and oxygen atoms in total. The number of esters is 1. The van der Waals surface area contributed by atoms with Crippen LogP contribution in [0.1, 0.15) is 31.1 Å². The summed E-state index contributed by atoms with van der Waals surface area (Å²) in [5.41, 5.74) is 0.501. The largest absolute Gasteiger partial charge is 0.456 e. The first-order valence-corrected chi connectivity index (χ1v) is 7.71. The molecule has 5 atom stereocenters. The van der Waals surface area contributed by atoms with Crippen molar-refractivity contribution in [2.75, 3.05) is 7.11 Å². The summed E-state index contributed by atoms with van der Waals surface area (Å²) < 4.78 is 28.4. The van der Waals surface area contributed by atoms with Gasteiger partial charge in [-0.3, -0.25) is 0 Å². The van der Waals surface area contributed by atoms with Gasteiger partial charge in [0.25, 0.3) is 0 Å². The number of hydrogen-bond acceptors (Lipinski definition) is 6. The van der Waals surface area contributed by atoms with Crippen molar-refractivity contribution in [1.29, 1.82) is 0 Å². The topological polar surface area (TPSA) is 63.2 Å². The Bertz CT molecular complexity index is 557. The normalized spacial score (nSPS) is 33.2. The lowest BCUT2D eigenvalue weighted by atomic mass is 10.1. The molecule has 3 rings (SSSR count). The molecule has 0 radical (unpaired) electrons. The molecule has 2 heterocycles. The van der Waals surface area contributed by atoms with Crippen molar-refractivity contribution in [2.24, 2.45) is 0 Å². The Morgan fingerprint density at radius 1 is 1.17 bits per heavy atom. The summed E-state index contributed by atoms with van der Waals surface area (Å²) in [5.74, 6) is -1.10. The van der Waals surface area contributed by atoms with Crippen LogP contribution in [-0.4, -0.2) is 49.6 Å². The van der Waals surface area contributed by atoms with Gasteiger partial charge in [-0.2, -0.15) is 0 Å². The maximum atomic E-state index is 12.2. The monoisotopic (exact) mass is 322 g/mol. The number of benzene rings is 1. The Hall–Kier alpha value is -1.47. The van der Waals surface area contributed by atoms with Crippen molar-refractivity contribution in [3.05, 3.63) is 35.9 Å². The molecule has 0 amide bonds. The molecule has 0 bridgehead atoms. The molecule has 0 aliphatic carbocycles. The molecule has 2 fully saturated rings. The van der Waals surface area contributed by atoms with Gasteiger partial charge in [-0.1, -0.05) is 18.2 Å².